The van der Waals surface area contributed by atoms with Crippen molar-refractivity contribution in [3.8, 4) is 17.2 Å². The van der Waals surface area contributed by atoms with E-state index >= 15 is 0 Å². The molecule has 0 aliphatic carbocycles. The van der Waals surface area contributed by atoms with Crippen LogP contribution >= 0.6 is 11.3 Å². The Labute approximate surface area is 138 Å². The van der Waals surface area contributed by atoms with Crippen LogP contribution in [0.2, 0.25) is 0 Å². The quantitative estimate of drug-likeness (QED) is 0.856. The zero-order valence-electron chi connectivity index (χ0n) is 12.7. The first-order chi connectivity index (χ1) is 11.3. The molecule has 0 saturated heterocycles. The van der Waals surface area contributed by atoms with Crippen molar-refractivity contribution in [3.05, 3.63) is 46.2 Å². The number of rotatable bonds is 5. The summed E-state index contributed by atoms with van der Waals surface area (Å²) in [7, 11) is 1.58. The number of hydrogen-bond donors (Lipinski definition) is 1. The molecule has 1 aliphatic rings. The molecule has 1 aliphatic heterocycles. The summed E-state index contributed by atoms with van der Waals surface area (Å²) in [6.45, 7) is 1.54. The van der Waals surface area contributed by atoms with Gasteiger partial charge in [0.1, 0.15) is 13.2 Å². The summed E-state index contributed by atoms with van der Waals surface area (Å²) in [5.41, 5.74) is 0.817. The maximum Gasteiger partial charge on any atom is 0.244 e. The van der Waals surface area contributed by atoms with Gasteiger partial charge in [-0.15, -0.1) is 11.3 Å². The molecule has 2 aromatic rings. The van der Waals surface area contributed by atoms with E-state index in [-0.39, 0.29) is 5.91 Å². The van der Waals surface area contributed by atoms with Gasteiger partial charge in [0.15, 0.2) is 11.5 Å². The number of fused-ring (bicyclic) bond motifs is 1. The van der Waals surface area contributed by atoms with E-state index in [0.29, 0.717) is 37.0 Å². The van der Waals surface area contributed by atoms with Crippen LogP contribution in [0, 0.1) is 0 Å². The lowest BCUT2D eigenvalue weighted by Crippen LogP contribution is -2.19. The van der Waals surface area contributed by atoms with Gasteiger partial charge in [-0.25, -0.2) is 0 Å². The number of methoxy groups -OCH3 is 1. The third-order valence-electron chi connectivity index (χ3n) is 3.29. The van der Waals surface area contributed by atoms with Gasteiger partial charge in [-0.3, -0.25) is 4.79 Å². The van der Waals surface area contributed by atoms with Crippen molar-refractivity contribution in [2.24, 2.45) is 0 Å². The molecule has 0 unspecified atom stereocenters. The van der Waals surface area contributed by atoms with Crippen molar-refractivity contribution in [1.29, 1.82) is 0 Å². The molecule has 2 heterocycles. The Morgan fingerprint density at radius 3 is 3.04 bits per heavy atom. The molecule has 23 heavy (non-hydrogen) atoms. The SMILES string of the molecule is COc1cc(/C=C/C(=O)NCc2cccs2)cc2c1OCCO2. The Kier molecular flexibility index (Phi) is 4.83. The van der Waals surface area contributed by atoms with Crippen LogP contribution in [0.15, 0.2) is 35.7 Å². The smallest absolute Gasteiger partial charge is 0.244 e. The Morgan fingerprint density at radius 2 is 2.26 bits per heavy atom. The molecular formula is C17H17NO4S. The minimum Gasteiger partial charge on any atom is -0.493 e. The zero-order chi connectivity index (χ0) is 16.1. The molecule has 0 spiro atoms. The average Bonchev–Trinajstić information content (AvgIpc) is 3.11. The second kappa shape index (κ2) is 7.19. The van der Waals surface area contributed by atoms with Crippen LogP contribution in [0.25, 0.3) is 6.08 Å². The van der Waals surface area contributed by atoms with Crippen molar-refractivity contribution in [2.45, 2.75) is 6.54 Å². The van der Waals surface area contributed by atoms with E-state index in [1.165, 1.54) is 6.08 Å². The molecule has 120 valence electrons. The summed E-state index contributed by atoms with van der Waals surface area (Å²) in [4.78, 5) is 13.0. The number of carbonyl (C=O) groups excluding carboxylic acids is 1. The van der Waals surface area contributed by atoms with Gasteiger partial charge in [0.05, 0.1) is 13.7 Å². The Morgan fingerprint density at radius 1 is 1.39 bits per heavy atom. The molecule has 1 N–H and O–H groups in total. The molecule has 0 fully saturated rings. The monoisotopic (exact) mass is 331 g/mol. The van der Waals surface area contributed by atoms with Crippen LogP contribution in [0.3, 0.4) is 0 Å². The maximum absolute atomic E-state index is 11.9. The number of benzene rings is 1. The molecule has 0 bridgehead atoms. The fourth-order valence-electron chi connectivity index (χ4n) is 2.21. The van der Waals surface area contributed by atoms with Crippen molar-refractivity contribution in [2.75, 3.05) is 20.3 Å². The van der Waals surface area contributed by atoms with E-state index in [0.717, 1.165) is 10.4 Å². The largest absolute Gasteiger partial charge is 0.493 e. The lowest BCUT2D eigenvalue weighted by Gasteiger charge is -2.20. The molecule has 3 rings (SSSR count). The van der Waals surface area contributed by atoms with Crippen LogP contribution in [0.1, 0.15) is 10.4 Å². The third kappa shape index (κ3) is 3.84. The summed E-state index contributed by atoms with van der Waals surface area (Å²) in [6.07, 6.45) is 3.23. The first kappa shape index (κ1) is 15.4. The number of hydrogen-bond acceptors (Lipinski definition) is 5. The Bertz CT molecular complexity index is 692. The van der Waals surface area contributed by atoms with Gasteiger partial charge in [-0.2, -0.15) is 0 Å². The van der Waals surface area contributed by atoms with Crippen LogP contribution in [-0.4, -0.2) is 26.2 Å². The second-order valence-electron chi connectivity index (χ2n) is 4.88. The van der Waals surface area contributed by atoms with Gasteiger partial charge >= 0.3 is 0 Å². The summed E-state index contributed by atoms with van der Waals surface area (Å²) in [6, 6.07) is 7.60. The predicted octanol–water partition coefficient (Wildman–Crippen LogP) is 2.86. The molecule has 0 saturated carbocycles. The van der Waals surface area contributed by atoms with Crippen LogP contribution in [0.4, 0.5) is 0 Å². The minimum atomic E-state index is -0.146. The van der Waals surface area contributed by atoms with Gasteiger partial charge in [0, 0.05) is 11.0 Å². The fourth-order valence-corrected chi connectivity index (χ4v) is 2.85. The number of amides is 1. The van der Waals surface area contributed by atoms with Gasteiger partial charge in [0.25, 0.3) is 0 Å². The molecule has 1 aromatic carbocycles. The molecular weight excluding hydrogens is 314 g/mol. The Balaban J connectivity index is 1.68. The second-order valence-corrected chi connectivity index (χ2v) is 5.91. The van der Waals surface area contributed by atoms with E-state index in [4.69, 9.17) is 14.2 Å². The average molecular weight is 331 g/mol. The Hall–Kier alpha value is -2.47. The van der Waals surface area contributed by atoms with Crippen LogP contribution in [-0.2, 0) is 11.3 Å². The molecule has 6 heteroatoms. The number of thiophene rings is 1. The van der Waals surface area contributed by atoms with Crippen molar-refractivity contribution in [3.63, 3.8) is 0 Å². The highest BCUT2D eigenvalue weighted by Crippen LogP contribution is 2.40. The maximum atomic E-state index is 11.9. The standard InChI is InChI=1S/C17H17NO4S/c1-20-14-9-12(10-15-17(14)22-7-6-21-15)4-5-16(19)18-11-13-3-2-8-23-13/h2-5,8-10H,6-7,11H2,1H3,(H,18,19)/b5-4+. The van der Waals surface area contributed by atoms with Crippen LogP contribution < -0.4 is 19.5 Å². The molecule has 1 amide bonds. The number of ether oxygens (including phenoxy) is 3. The number of carbonyl (C=O) groups is 1. The van der Waals surface area contributed by atoms with Crippen molar-refractivity contribution < 1.29 is 19.0 Å². The fraction of sp³-hybridized carbons (Fsp3) is 0.235. The highest BCUT2D eigenvalue weighted by atomic mass is 32.1. The molecule has 1 aromatic heterocycles. The van der Waals surface area contributed by atoms with Gasteiger partial charge in [-0.05, 0) is 35.2 Å². The first-order valence-electron chi connectivity index (χ1n) is 7.22. The normalized spacial score (nSPS) is 13.1. The van der Waals surface area contributed by atoms with E-state index in [9.17, 15) is 4.79 Å². The highest BCUT2D eigenvalue weighted by molar-refractivity contribution is 7.09. The van der Waals surface area contributed by atoms with Crippen molar-refractivity contribution >= 4 is 23.3 Å². The first-order valence-corrected chi connectivity index (χ1v) is 8.10. The number of nitrogens with one attached hydrogen (secondary N) is 1. The predicted molar refractivity (Wildman–Crippen MR) is 89.2 cm³/mol. The highest BCUT2D eigenvalue weighted by Gasteiger charge is 2.17. The third-order valence-corrected chi connectivity index (χ3v) is 4.17. The van der Waals surface area contributed by atoms with E-state index < -0.39 is 0 Å². The summed E-state index contributed by atoms with van der Waals surface area (Å²) >= 11 is 1.61. The van der Waals surface area contributed by atoms with Gasteiger partial charge < -0.3 is 19.5 Å². The molecule has 0 radical (unpaired) electrons. The molecule has 5 nitrogen and oxygen atoms in total. The van der Waals surface area contributed by atoms with Crippen LogP contribution in [0.5, 0.6) is 17.2 Å². The minimum absolute atomic E-state index is 0.146. The summed E-state index contributed by atoms with van der Waals surface area (Å²) in [5.74, 6) is 1.69. The zero-order valence-corrected chi connectivity index (χ0v) is 13.5. The van der Waals surface area contributed by atoms with Crippen molar-refractivity contribution in [1.82, 2.24) is 5.32 Å². The summed E-state index contributed by atoms with van der Waals surface area (Å²) < 4.78 is 16.4. The van der Waals surface area contributed by atoms with E-state index in [1.54, 1.807) is 24.5 Å². The topological polar surface area (TPSA) is 56.8 Å². The molecule has 0 atom stereocenters. The van der Waals surface area contributed by atoms with E-state index in [1.807, 2.05) is 29.6 Å². The van der Waals surface area contributed by atoms with Gasteiger partial charge in [0.2, 0.25) is 11.7 Å². The van der Waals surface area contributed by atoms with E-state index in [2.05, 4.69) is 5.32 Å². The summed E-state index contributed by atoms with van der Waals surface area (Å²) in [5, 5.41) is 4.83. The van der Waals surface area contributed by atoms with Gasteiger partial charge in [-0.1, -0.05) is 6.07 Å². The lowest BCUT2D eigenvalue weighted by molar-refractivity contribution is -0.116. The lowest BCUT2D eigenvalue weighted by atomic mass is 10.1.